The molecular weight excluding hydrogens is 265 g/mol. The SMILES string of the molecule is CC(O)CNC(=O)c1cc(F)cc(Br)c1. The molecule has 2 N–H and O–H groups in total. The third-order valence-corrected chi connectivity index (χ3v) is 2.14. The minimum absolute atomic E-state index is 0.146. The molecular formula is C10H11BrFNO2. The maximum absolute atomic E-state index is 12.9. The summed E-state index contributed by atoms with van der Waals surface area (Å²) in [5.74, 6) is -0.886. The van der Waals surface area contributed by atoms with E-state index in [1.54, 1.807) is 6.92 Å². The molecule has 15 heavy (non-hydrogen) atoms. The number of amides is 1. The van der Waals surface area contributed by atoms with Crippen molar-refractivity contribution in [1.29, 1.82) is 0 Å². The molecule has 1 amide bonds. The molecule has 5 heteroatoms. The Bertz CT molecular complexity index is 348. The molecule has 0 aliphatic heterocycles. The van der Waals surface area contributed by atoms with Crippen molar-refractivity contribution in [2.45, 2.75) is 13.0 Å². The quantitative estimate of drug-likeness (QED) is 0.882. The fourth-order valence-corrected chi connectivity index (χ4v) is 1.49. The van der Waals surface area contributed by atoms with Crippen molar-refractivity contribution in [1.82, 2.24) is 5.32 Å². The smallest absolute Gasteiger partial charge is 0.251 e. The van der Waals surface area contributed by atoms with Crippen molar-refractivity contribution in [3.05, 3.63) is 34.1 Å². The second kappa shape index (κ2) is 5.23. The van der Waals surface area contributed by atoms with Crippen molar-refractivity contribution < 1.29 is 14.3 Å². The Kier molecular flexibility index (Phi) is 4.23. The fourth-order valence-electron chi connectivity index (χ4n) is 1.03. The highest BCUT2D eigenvalue weighted by molar-refractivity contribution is 9.10. The Morgan fingerprint density at radius 3 is 2.80 bits per heavy atom. The molecule has 0 aromatic heterocycles. The van der Waals surface area contributed by atoms with Crippen LogP contribution in [0.15, 0.2) is 22.7 Å². The predicted octanol–water partition coefficient (Wildman–Crippen LogP) is 1.70. The molecule has 0 aliphatic carbocycles. The van der Waals surface area contributed by atoms with E-state index in [4.69, 9.17) is 5.11 Å². The number of hydrogen-bond acceptors (Lipinski definition) is 2. The highest BCUT2D eigenvalue weighted by Gasteiger charge is 2.08. The maximum atomic E-state index is 12.9. The zero-order valence-electron chi connectivity index (χ0n) is 8.13. The summed E-state index contributed by atoms with van der Waals surface area (Å²) in [7, 11) is 0. The molecule has 0 fully saturated rings. The van der Waals surface area contributed by atoms with E-state index in [2.05, 4.69) is 21.2 Å². The lowest BCUT2D eigenvalue weighted by atomic mass is 10.2. The van der Waals surface area contributed by atoms with Gasteiger partial charge in [0.25, 0.3) is 5.91 Å². The van der Waals surface area contributed by atoms with Gasteiger partial charge in [-0.3, -0.25) is 4.79 Å². The van der Waals surface area contributed by atoms with Crippen LogP contribution < -0.4 is 5.32 Å². The number of carbonyl (C=O) groups is 1. The fraction of sp³-hybridized carbons (Fsp3) is 0.300. The van der Waals surface area contributed by atoms with Crippen molar-refractivity contribution in [3.8, 4) is 0 Å². The molecule has 1 atom stereocenters. The molecule has 1 aromatic carbocycles. The lowest BCUT2D eigenvalue weighted by molar-refractivity contribution is 0.0923. The molecule has 3 nitrogen and oxygen atoms in total. The van der Waals surface area contributed by atoms with Gasteiger partial charge in [0.1, 0.15) is 5.82 Å². The standard InChI is InChI=1S/C10H11BrFNO2/c1-6(14)5-13-10(15)7-2-8(11)4-9(12)3-7/h2-4,6,14H,5H2,1H3,(H,13,15). The van der Waals surface area contributed by atoms with Gasteiger partial charge in [-0.15, -0.1) is 0 Å². The van der Waals surface area contributed by atoms with Gasteiger partial charge in [-0.05, 0) is 25.1 Å². The summed E-state index contributed by atoms with van der Waals surface area (Å²) >= 11 is 3.09. The Morgan fingerprint density at radius 2 is 2.27 bits per heavy atom. The van der Waals surface area contributed by atoms with E-state index < -0.39 is 17.8 Å². The average Bonchev–Trinajstić information content (AvgIpc) is 2.12. The van der Waals surface area contributed by atoms with Crippen LogP contribution >= 0.6 is 15.9 Å². The first-order chi connectivity index (χ1) is 6.99. The third-order valence-electron chi connectivity index (χ3n) is 1.68. The first-order valence-electron chi connectivity index (χ1n) is 4.41. The van der Waals surface area contributed by atoms with Crippen LogP contribution in [0.25, 0.3) is 0 Å². The van der Waals surface area contributed by atoms with Gasteiger partial charge in [-0.25, -0.2) is 4.39 Å². The van der Waals surface area contributed by atoms with Gasteiger partial charge in [0, 0.05) is 16.6 Å². The van der Waals surface area contributed by atoms with Crippen LogP contribution in [0.4, 0.5) is 4.39 Å². The Labute approximate surface area is 95.4 Å². The van der Waals surface area contributed by atoms with Gasteiger partial charge >= 0.3 is 0 Å². The number of hydrogen-bond donors (Lipinski definition) is 2. The van der Waals surface area contributed by atoms with Crippen LogP contribution in [0.2, 0.25) is 0 Å². The van der Waals surface area contributed by atoms with Gasteiger partial charge in [0.2, 0.25) is 0 Å². The lowest BCUT2D eigenvalue weighted by Gasteiger charge is -2.07. The molecule has 82 valence electrons. The highest BCUT2D eigenvalue weighted by atomic mass is 79.9. The predicted molar refractivity (Wildman–Crippen MR) is 58.1 cm³/mol. The monoisotopic (exact) mass is 275 g/mol. The minimum Gasteiger partial charge on any atom is -0.392 e. The summed E-state index contributed by atoms with van der Waals surface area (Å²) in [5.41, 5.74) is 0.225. The first-order valence-corrected chi connectivity index (χ1v) is 5.20. The topological polar surface area (TPSA) is 49.3 Å². The number of nitrogens with one attached hydrogen (secondary N) is 1. The first kappa shape index (κ1) is 12.1. The molecule has 0 spiro atoms. The summed E-state index contributed by atoms with van der Waals surface area (Å²) in [5, 5.41) is 11.4. The molecule has 1 aromatic rings. The van der Waals surface area contributed by atoms with E-state index in [-0.39, 0.29) is 12.1 Å². The Hall–Kier alpha value is -0.940. The third kappa shape index (κ3) is 3.97. The summed E-state index contributed by atoms with van der Waals surface area (Å²) in [6, 6.07) is 3.92. The van der Waals surface area contributed by atoms with E-state index in [1.165, 1.54) is 12.1 Å². The normalized spacial score (nSPS) is 12.3. The van der Waals surface area contributed by atoms with Crippen LogP contribution in [0, 0.1) is 5.82 Å². The Balaban J connectivity index is 2.73. The second-order valence-electron chi connectivity index (χ2n) is 3.22. The highest BCUT2D eigenvalue weighted by Crippen LogP contribution is 2.14. The second-order valence-corrected chi connectivity index (χ2v) is 4.13. The van der Waals surface area contributed by atoms with E-state index in [9.17, 15) is 9.18 Å². The zero-order chi connectivity index (χ0) is 11.4. The maximum Gasteiger partial charge on any atom is 0.251 e. The largest absolute Gasteiger partial charge is 0.392 e. The number of carbonyl (C=O) groups excluding carboxylic acids is 1. The molecule has 0 saturated heterocycles. The van der Waals surface area contributed by atoms with Gasteiger partial charge in [0.05, 0.1) is 6.10 Å². The van der Waals surface area contributed by atoms with E-state index in [0.29, 0.717) is 4.47 Å². The van der Waals surface area contributed by atoms with Crippen LogP contribution in [-0.4, -0.2) is 23.7 Å². The number of aliphatic hydroxyl groups is 1. The molecule has 0 aliphatic rings. The molecule has 1 unspecified atom stereocenters. The van der Waals surface area contributed by atoms with Crippen LogP contribution in [-0.2, 0) is 0 Å². The lowest BCUT2D eigenvalue weighted by Crippen LogP contribution is -2.30. The summed E-state index contributed by atoms with van der Waals surface area (Å²) in [6.07, 6.45) is -0.619. The molecule has 0 radical (unpaired) electrons. The van der Waals surface area contributed by atoms with Crippen LogP contribution in [0.1, 0.15) is 17.3 Å². The van der Waals surface area contributed by atoms with Crippen molar-refractivity contribution >= 4 is 21.8 Å². The molecule has 0 heterocycles. The zero-order valence-corrected chi connectivity index (χ0v) is 9.71. The number of benzene rings is 1. The Morgan fingerprint density at radius 1 is 1.60 bits per heavy atom. The van der Waals surface area contributed by atoms with Gasteiger partial charge in [-0.2, -0.15) is 0 Å². The van der Waals surface area contributed by atoms with E-state index in [0.717, 1.165) is 6.07 Å². The number of rotatable bonds is 3. The number of aliphatic hydroxyl groups excluding tert-OH is 1. The van der Waals surface area contributed by atoms with Crippen molar-refractivity contribution in [2.24, 2.45) is 0 Å². The van der Waals surface area contributed by atoms with Gasteiger partial charge < -0.3 is 10.4 Å². The van der Waals surface area contributed by atoms with Crippen LogP contribution in [0.3, 0.4) is 0 Å². The number of halogens is 2. The van der Waals surface area contributed by atoms with E-state index >= 15 is 0 Å². The minimum atomic E-state index is -0.619. The van der Waals surface area contributed by atoms with Crippen LogP contribution in [0.5, 0.6) is 0 Å². The summed E-state index contributed by atoms with van der Waals surface area (Å²) in [6.45, 7) is 1.70. The summed E-state index contributed by atoms with van der Waals surface area (Å²) < 4.78 is 13.4. The summed E-state index contributed by atoms with van der Waals surface area (Å²) in [4.78, 5) is 11.4. The van der Waals surface area contributed by atoms with E-state index in [1.807, 2.05) is 0 Å². The van der Waals surface area contributed by atoms with Gasteiger partial charge in [0.15, 0.2) is 0 Å². The van der Waals surface area contributed by atoms with Gasteiger partial charge in [-0.1, -0.05) is 15.9 Å². The van der Waals surface area contributed by atoms with Crippen molar-refractivity contribution in [3.63, 3.8) is 0 Å². The molecule has 0 bridgehead atoms. The molecule has 0 saturated carbocycles. The molecule has 1 rings (SSSR count). The van der Waals surface area contributed by atoms with Crippen molar-refractivity contribution in [2.75, 3.05) is 6.54 Å². The average molecular weight is 276 g/mol.